The fourth-order valence-corrected chi connectivity index (χ4v) is 1.45. The number of carboxylic acid groups (broad SMARTS) is 1. The van der Waals surface area contributed by atoms with Crippen LogP contribution < -0.4 is 10.1 Å². The third-order valence-electron chi connectivity index (χ3n) is 2.46. The van der Waals surface area contributed by atoms with Gasteiger partial charge in [-0.3, -0.25) is 4.79 Å². The third-order valence-corrected chi connectivity index (χ3v) is 2.70. The Morgan fingerprint density at radius 1 is 1.47 bits per heavy atom. The Hall–Kier alpha value is -1.79. The quantitative estimate of drug-likeness (QED) is 0.748. The van der Waals surface area contributed by atoms with Gasteiger partial charge in [-0.1, -0.05) is 11.6 Å². The van der Waals surface area contributed by atoms with E-state index in [1.165, 1.54) is 19.2 Å². The molecule has 1 unspecified atom stereocenters. The van der Waals surface area contributed by atoms with Crippen LogP contribution >= 0.6 is 11.6 Å². The summed E-state index contributed by atoms with van der Waals surface area (Å²) in [6.07, 6.45) is 0. The Kier molecular flexibility index (Phi) is 4.74. The molecule has 0 radical (unpaired) electrons. The molecule has 0 aromatic heterocycles. The maximum atomic E-state index is 11.9. The van der Waals surface area contributed by atoms with Crippen LogP contribution in [0.2, 0.25) is 5.02 Å². The number of hydrogen-bond acceptors (Lipinski definition) is 4. The largest absolute Gasteiger partial charge is 0.496 e. The Morgan fingerprint density at radius 3 is 2.63 bits per heavy atom. The molecule has 1 atom stereocenters. The third kappa shape index (κ3) is 3.84. The minimum absolute atomic E-state index is 0.163. The number of benzene rings is 1. The van der Waals surface area contributed by atoms with Crippen LogP contribution in [-0.2, 0) is 4.79 Å². The molecule has 1 aromatic rings. The summed E-state index contributed by atoms with van der Waals surface area (Å²) < 4.78 is 5.00. The van der Waals surface area contributed by atoms with Crippen molar-refractivity contribution in [2.24, 2.45) is 0 Å². The second-order valence-corrected chi connectivity index (χ2v) is 4.54. The topological polar surface area (TPSA) is 95.9 Å². The highest BCUT2D eigenvalue weighted by atomic mass is 35.5. The van der Waals surface area contributed by atoms with Crippen molar-refractivity contribution < 1.29 is 24.5 Å². The molecule has 6 nitrogen and oxygen atoms in total. The lowest BCUT2D eigenvalue weighted by Gasteiger charge is -2.18. The zero-order valence-corrected chi connectivity index (χ0v) is 11.2. The highest BCUT2D eigenvalue weighted by Gasteiger charge is 2.30. The van der Waals surface area contributed by atoms with E-state index in [2.05, 4.69) is 5.32 Å². The highest BCUT2D eigenvalue weighted by Crippen LogP contribution is 2.22. The lowest BCUT2D eigenvalue weighted by atomic mass is 10.1. The number of amides is 1. The van der Waals surface area contributed by atoms with Crippen LogP contribution in [-0.4, -0.2) is 41.3 Å². The van der Waals surface area contributed by atoms with Crippen LogP contribution in [0.3, 0.4) is 0 Å². The van der Waals surface area contributed by atoms with Gasteiger partial charge in [0, 0.05) is 5.02 Å². The molecule has 0 aliphatic carbocycles. The number of aliphatic carboxylic acids is 1. The van der Waals surface area contributed by atoms with Gasteiger partial charge in [-0.15, -0.1) is 0 Å². The van der Waals surface area contributed by atoms with Crippen molar-refractivity contribution in [3.8, 4) is 5.75 Å². The molecule has 1 amide bonds. The van der Waals surface area contributed by atoms with Gasteiger partial charge in [-0.05, 0) is 25.1 Å². The Bertz CT molecular complexity index is 501. The number of hydrogen-bond donors (Lipinski definition) is 3. The van der Waals surface area contributed by atoms with Crippen molar-refractivity contribution >= 4 is 23.5 Å². The lowest BCUT2D eigenvalue weighted by Crippen LogP contribution is -2.46. The highest BCUT2D eigenvalue weighted by molar-refractivity contribution is 6.31. The molecule has 19 heavy (non-hydrogen) atoms. The summed E-state index contributed by atoms with van der Waals surface area (Å²) in [5, 5.41) is 20.9. The van der Waals surface area contributed by atoms with Gasteiger partial charge in [0.1, 0.15) is 5.75 Å². The standard InChI is InChI=1S/C12H14ClNO5/c1-12(18,11(16)17)6-14-10(15)8-5-7(13)3-4-9(8)19-2/h3-5,18H,6H2,1-2H3,(H,14,15)(H,16,17). The summed E-state index contributed by atoms with van der Waals surface area (Å²) in [7, 11) is 1.40. The fourth-order valence-electron chi connectivity index (χ4n) is 1.28. The molecule has 0 aliphatic rings. The molecule has 0 spiro atoms. The van der Waals surface area contributed by atoms with E-state index in [0.717, 1.165) is 6.92 Å². The van der Waals surface area contributed by atoms with Crippen LogP contribution in [0.5, 0.6) is 5.75 Å². The van der Waals surface area contributed by atoms with Gasteiger partial charge in [-0.25, -0.2) is 4.79 Å². The van der Waals surface area contributed by atoms with Crippen molar-refractivity contribution in [2.75, 3.05) is 13.7 Å². The summed E-state index contributed by atoms with van der Waals surface area (Å²) in [5.41, 5.74) is -1.88. The smallest absolute Gasteiger partial charge is 0.337 e. The minimum atomic E-state index is -2.04. The molecule has 0 saturated carbocycles. The first kappa shape index (κ1) is 15.3. The van der Waals surface area contributed by atoms with E-state index in [-0.39, 0.29) is 5.56 Å². The maximum absolute atomic E-state index is 11.9. The normalized spacial score (nSPS) is 13.5. The first-order chi connectivity index (χ1) is 8.77. The molecule has 0 aliphatic heterocycles. The van der Waals surface area contributed by atoms with Gasteiger partial charge >= 0.3 is 5.97 Å². The van der Waals surface area contributed by atoms with E-state index in [1.54, 1.807) is 6.07 Å². The van der Waals surface area contributed by atoms with Gasteiger partial charge in [0.2, 0.25) is 0 Å². The molecule has 1 rings (SSSR count). The van der Waals surface area contributed by atoms with Crippen LogP contribution in [0.15, 0.2) is 18.2 Å². The molecule has 7 heteroatoms. The van der Waals surface area contributed by atoms with E-state index < -0.39 is 24.0 Å². The predicted octanol–water partition coefficient (Wildman–Crippen LogP) is 0.914. The summed E-state index contributed by atoms with van der Waals surface area (Å²) >= 11 is 5.78. The minimum Gasteiger partial charge on any atom is -0.496 e. The van der Waals surface area contributed by atoms with Gasteiger partial charge in [0.25, 0.3) is 5.91 Å². The van der Waals surface area contributed by atoms with Crippen molar-refractivity contribution in [3.63, 3.8) is 0 Å². The lowest BCUT2D eigenvalue weighted by molar-refractivity contribution is -0.155. The number of halogens is 1. The number of carbonyl (C=O) groups excluding carboxylic acids is 1. The zero-order valence-electron chi connectivity index (χ0n) is 10.4. The van der Waals surface area contributed by atoms with Crippen molar-refractivity contribution in [1.82, 2.24) is 5.32 Å². The molecular formula is C12H14ClNO5. The van der Waals surface area contributed by atoms with E-state index in [1.807, 2.05) is 0 Å². The Morgan fingerprint density at radius 2 is 2.11 bits per heavy atom. The van der Waals surface area contributed by atoms with E-state index >= 15 is 0 Å². The zero-order chi connectivity index (χ0) is 14.6. The Balaban J connectivity index is 2.84. The van der Waals surface area contributed by atoms with Crippen LogP contribution in [0.1, 0.15) is 17.3 Å². The van der Waals surface area contributed by atoms with Gasteiger partial charge in [0.05, 0.1) is 19.2 Å². The number of methoxy groups -OCH3 is 1. The van der Waals surface area contributed by atoms with Crippen molar-refractivity contribution in [1.29, 1.82) is 0 Å². The summed E-state index contributed by atoms with van der Waals surface area (Å²) in [6, 6.07) is 4.47. The molecule has 3 N–H and O–H groups in total. The van der Waals surface area contributed by atoms with E-state index in [9.17, 15) is 14.7 Å². The van der Waals surface area contributed by atoms with Gasteiger partial charge in [-0.2, -0.15) is 0 Å². The summed E-state index contributed by atoms with van der Waals surface area (Å²) in [4.78, 5) is 22.6. The SMILES string of the molecule is COc1ccc(Cl)cc1C(=O)NCC(C)(O)C(=O)O. The number of carbonyl (C=O) groups is 2. The van der Waals surface area contributed by atoms with Crippen molar-refractivity contribution in [2.45, 2.75) is 12.5 Å². The molecule has 0 bridgehead atoms. The number of ether oxygens (including phenoxy) is 1. The van der Waals surface area contributed by atoms with E-state index in [0.29, 0.717) is 10.8 Å². The molecule has 0 saturated heterocycles. The number of carboxylic acids is 1. The van der Waals surface area contributed by atoms with Crippen LogP contribution in [0, 0.1) is 0 Å². The first-order valence-electron chi connectivity index (χ1n) is 5.35. The average molecular weight is 288 g/mol. The molecule has 1 aromatic carbocycles. The molecule has 104 valence electrons. The van der Waals surface area contributed by atoms with Gasteiger partial charge in [0.15, 0.2) is 5.60 Å². The predicted molar refractivity (Wildman–Crippen MR) is 68.6 cm³/mol. The number of rotatable bonds is 5. The van der Waals surface area contributed by atoms with Gasteiger partial charge < -0.3 is 20.3 Å². The maximum Gasteiger partial charge on any atom is 0.337 e. The molecule has 0 fully saturated rings. The van der Waals surface area contributed by atoms with E-state index in [4.69, 9.17) is 21.4 Å². The average Bonchev–Trinajstić information content (AvgIpc) is 2.35. The van der Waals surface area contributed by atoms with Crippen molar-refractivity contribution in [3.05, 3.63) is 28.8 Å². The molecular weight excluding hydrogens is 274 g/mol. The van der Waals surface area contributed by atoms with Crippen LogP contribution in [0.25, 0.3) is 0 Å². The van der Waals surface area contributed by atoms with Crippen LogP contribution in [0.4, 0.5) is 0 Å². The monoisotopic (exact) mass is 287 g/mol. The summed E-state index contributed by atoms with van der Waals surface area (Å²) in [5.74, 6) is -1.70. The second-order valence-electron chi connectivity index (χ2n) is 4.11. The second kappa shape index (κ2) is 5.90. The fraction of sp³-hybridized carbons (Fsp3) is 0.333. The number of aliphatic hydroxyl groups is 1. The first-order valence-corrected chi connectivity index (χ1v) is 5.73. The molecule has 0 heterocycles. The summed E-state index contributed by atoms with van der Waals surface area (Å²) in [6.45, 7) is 0.654. The number of nitrogens with one attached hydrogen (secondary N) is 1. The Labute approximate surface area is 114 Å².